The van der Waals surface area contributed by atoms with Crippen LogP contribution in [0.2, 0.25) is 0 Å². The highest BCUT2D eigenvalue weighted by Crippen LogP contribution is 2.32. The zero-order valence-corrected chi connectivity index (χ0v) is 39.9. The Balaban J connectivity index is 0.00000167. The van der Waals surface area contributed by atoms with Gasteiger partial charge in [0.05, 0.1) is 18.2 Å². The lowest BCUT2D eigenvalue weighted by Gasteiger charge is -2.29. The molecule has 0 saturated carbocycles. The number of fused-ring (bicyclic) bond motifs is 2. The first-order valence-electron chi connectivity index (χ1n) is 22.1. The summed E-state index contributed by atoms with van der Waals surface area (Å²) in [5.41, 5.74) is 7.45. The SMILES string of the molecule is CSC[C@H](NC(=O)[C@H](C)NC(=O)[C@H](C)NC(=O)[C@@H](C)N)C(=O)NCC(=O)N[C@@H](CC(C)C)C(=O)N1CCC[C@H]1C(=O)NCCCNc1cccc2c1C(=O)c1ccccc1C2=O.O=C(O)C(F)(F)F. The summed E-state index contributed by atoms with van der Waals surface area (Å²) in [7, 11) is 0. The highest BCUT2D eigenvalue weighted by atomic mass is 32.2. The Bertz CT molecular complexity index is 2240. The van der Waals surface area contributed by atoms with E-state index in [0.717, 1.165) is 0 Å². The first-order chi connectivity index (χ1) is 32.4. The number of halogens is 3. The quantitative estimate of drug-likeness (QED) is 0.0670. The molecule has 0 spiro atoms. The molecule has 4 rings (SSSR count). The second kappa shape index (κ2) is 26.3. The van der Waals surface area contributed by atoms with Gasteiger partial charge in [-0.3, -0.25) is 43.2 Å². The van der Waals surface area contributed by atoms with Gasteiger partial charge in [0.25, 0.3) is 0 Å². The highest BCUT2D eigenvalue weighted by Gasteiger charge is 2.39. The molecule has 69 heavy (non-hydrogen) atoms. The Kier molecular flexibility index (Phi) is 21.6. The van der Waals surface area contributed by atoms with Crippen LogP contribution >= 0.6 is 11.8 Å². The second-order valence-corrected chi connectivity index (χ2v) is 17.6. The second-order valence-electron chi connectivity index (χ2n) is 16.7. The number of carbonyl (C=O) groups excluding carboxylic acids is 9. The van der Waals surface area contributed by atoms with Gasteiger partial charge in [0.2, 0.25) is 41.4 Å². The molecule has 0 aromatic heterocycles. The van der Waals surface area contributed by atoms with Crippen molar-refractivity contribution in [3.8, 4) is 0 Å². The van der Waals surface area contributed by atoms with Crippen molar-refractivity contribution in [1.82, 2.24) is 36.8 Å². The fraction of sp³-hybridized carbons (Fsp3) is 0.511. The van der Waals surface area contributed by atoms with E-state index in [1.165, 1.54) is 37.4 Å². The highest BCUT2D eigenvalue weighted by molar-refractivity contribution is 7.98. The zero-order valence-electron chi connectivity index (χ0n) is 39.0. The minimum atomic E-state index is -5.08. The number of rotatable bonds is 21. The number of carbonyl (C=O) groups is 10. The smallest absolute Gasteiger partial charge is 0.475 e. The molecule has 24 heteroatoms. The fourth-order valence-corrected chi connectivity index (χ4v) is 7.69. The van der Waals surface area contributed by atoms with Gasteiger partial charge in [0.15, 0.2) is 11.6 Å². The number of carboxylic acid groups (broad SMARTS) is 1. The van der Waals surface area contributed by atoms with Gasteiger partial charge in [-0.1, -0.05) is 50.2 Å². The lowest BCUT2D eigenvalue weighted by Crippen LogP contribution is -2.57. The van der Waals surface area contributed by atoms with Crippen LogP contribution in [0.4, 0.5) is 18.9 Å². The maximum absolute atomic E-state index is 13.9. The summed E-state index contributed by atoms with van der Waals surface area (Å²) in [5, 5.41) is 26.0. The number of anilines is 1. The van der Waals surface area contributed by atoms with Crippen molar-refractivity contribution in [3.63, 3.8) is 0 Å². The van der Waals surface area contributed by atoms with Crippen LogP contribution in [0.25, 0.3) is 0 Å². The summed E-state index contributed by atoms with van der Waals surface area (Å²) < 4.78 is 31.7. The van der Waals surface area contributed by atoms with Crippen molar-refractivity contribution in [2.75, 3.05) is 43.5 Å². The van der Waals surface area contributed by atoms with E-state index in [-0.39, 0.29) is 42.1 Å². The third kappa shape index (κ3) is 16.6. The van der Waals surface area contributed by atoms with Gasteiger partial charge in [-0.2, -0.15) is 24.9 Å². The summed E-state index contributed by atoms with van der Waals surface area (Å²) >= 11 is 1.27. The van der Waals surface area contributed by atoms with Gasteiger partial charge < -0.3 is 53.0 Å². The number of carboxylic acids is 1. The van der Waals surface area contributed by atoms with Crippen molar-refractivity contribution in [2.45, 2.75) is 103 Å². The number of benzene rings is 2. The largest absolute Gasteiger partial charge is 0.490 e. The molecular formula is C45H60F3N9O11S. The minimum absolute atomic E-state index is 0.00765. The topological polar surface area (TPSA) is 304 Å². The predicted octanol–water partition coefficient (Wildman–Crippen LogP) is 0.856. The summed E-state index contributed by atoms with van der Waals surface area (Å²) in [6.07, 6.45) is -1.56. The summed E-state index contributed by atoms with van der Waals surface area (Å²) in [4.78, 5) is 128. The molecule has 1 aliphatic heterocycles. The molecule has 1 heterocycles. The van der Waals surface area contributed by atoms with E-state index in [9.17, 15) is 56.3 Å². The fourth-order valence-electron chi connectivity index (χ4n) is 7.13. The molecule has 20 nitrogen and oxygen atoms in total. The maximum atomic E-state index is 13.9. The van der Waals surface area contributed by atoms with E-state index in [2.05, 4.69) is 37.2 Å². The molecule has 1 fully saturated rings. The van der Waals surface area contributed by atoms with Crippen molar-refractivity contribution < 1.29 is 66.2 Å². The van der Waals surface area contributed by atoms with Crippen LogP contribution in [0.3, 0.4) is 0 Å². The molecule has 2 aromatic carbocycles. The molecule has 0 unspecified atom stereocenters. The number of amides is 7. The number of hydrogen-bond donors (Lipinski definition) is 9. The van der Waals surface area contributed by atoms with Gasteiger partial charge in [-0.15, -0.1) is 0 Å². The van der Waals surface area contributed by atoms with Gasteiger partial charge in [0.1, 0.15) is 30.2 Å². The van der Waals surface area contributed by atoms with Crippen molar-refractivity contribution in [2.24, 2.45) is 11.7 Å². The average Bonchev–Trinajstić information content (AvgIpc) is 3.79. The first-order valence-corrected chi connectivity index (χ1v) is 23.4. The zero-order chi connectivity index (χ0) is 51.7. The monoisotopic (exact) mass is 991 g/mol. The standard InChI is InChI=1S/C43H59N9O9S.C2HF3O2/c1-23(2)20-31(50-34(53)21-47-41(59)32(22-62-6)51-40(58)26(5)49-39(57)25(4)48-38(56)24(3)44)43(61)52-19-10-16-33(52)42(60)46-18-11-17-45-30-15-9-14-29-35(30)37(55)28-13-8-7-12-27(28)36(29)54;3-2(4,5)1(6)7/h7-9,12-15,23-26,31-33,45H,10-11,16-22,44H2,1-6H3,(H,46,60)(H,47,59)(H,48,56)(H,49,57)(H,50,53)(H,51,58);(H,6,7)/t24-,25+,26+,31+,32+,33+;/m1./s1. The van der Waals surface area contributed by atoms with Crippen LogP contribution in [-0.2, 0) is 38.4 Å². The minimum Gasteiger partial charge on any atom is -0.475 e. The number of alkyl halides is 3. The lowest BCUT2D eigenvalue weighted by atomic mass is 9.83. The number of nitrogens with one attached hydrogen (secondary N) is 7. The molecule has 2 aliphatic rings. The molecule has 10 N–H and O–H groups in total. The number of likely N-dealkylation sites (tertiary alicyclic amines) is 1. The normalized spacial score (nSPS) is 16.2. The van der Waals surface area contributed by atoms with E-state index in [4.69, 9.17) is 15.6 Å². The number of nitrogens with zero attached hydrogens (tertiary/aromatic N) is 1. The Morgan fingerprint density at radius 3 is 1.93 bits per heavy atom. The summed E-state index contributed by atoms with van der Waals surface area (Å²) in [6, 6.07) is 6.18. The molecule has 0 bridgehead atoms. The molecule has 1 saturated heterocycles. The van der Waals surface area contributed by atoms with Crippen LogP contribution in [-0.4, -0.2) is 150 Å². The number of hydrogen-bond acceptors (Lipinski definition) is 13. The van der Waals surface area contributed by atoms with Crippen molar-refractivity contribution >= 4 is 76.3 Å². The Morgan fingerprint density at radius 1 is 0.768 bits per heavy atom. The molecule has 0 radical (unpaired) electrons. The lowest BCUT2D eigenvalue weighted by molar-refractivity contribution is -0.192. The third-order valence-electron chi connectivity index (χ3n) is 10.6. The van der Waals surface area contributed by atoms with Crippen LogP contribution < -0.4 is 43.0 Å². The molecular weight excluding hydrogens is 932 g/mol. The molecule has 2 aromatic rings. The molecule has 6 atom stereocenters. The van der Waals surface area contributed by atoms with Crippen molar-refractivity contribution in [3.05, 3.63) is 64.7 Å². The van der Waals surface area contributed by atoms with Crippen LogP contribution in [0.5, 0.6) is 0 Å². The van der Waals surface area contributed by atoms with Gasteiger partial charge in [-0.05, 0) is 64.7 Å². The van der Waals surface area contributed by atoms with Gasteiger partial charge in [-0.25, -0.2) is 4.79 Å². The number of ketones is 2. The summed E-state index contributed by atoms with van der Waals surface area (Å²) in [6.45, 7) is 8.61. The number of aliphatic carboxylic acids is 1. The van der Waals surface area contributed by atoms with Crippen LogP contribution in [0, 0.1) is 5.92 Å². The Hall–Kier alpha value is -6.56. The van der Waals surface area contributed by atoms with Crippen LogP contribution in [0.15, 0.2) is 42.5 Å². The van der Waals surface area contributed by atoms with Crippen LogP contribution in [0.1, 0.15) is 92.1 Å². The van der Waals surface area contributed by atoms with E-state index in [1.807, 2.05) is 13.8 Å². The van der Waals surface area contributed by atoms with E-state index in [0.29, 0.717) is 60.3 Å². The first kappa shape index (κ1) is 56.8. The molecule has 7 amide bonds. The Labute approximate surface area is 401 Å². The van der Waals surface area contributed by atoms with E-state index >= 15 is 0 Å². The maximum Gasteiger partial charge on any atom is 0.490 e. The van der Waals surface area contributed by atoms with E-state index < -0.39 is 90.4 Å². The third-order valence-corrected chi connectivity index (χ3v) is 11.3. The number of thioether (sulfide) groups is 1. The summed E-state index contributed by atoms with van der Waals surface area (Å²) in [5.74, 6) is -6.94. The Morgan fingerprint density at radius 2 is 1.35 bits per heavy atom. The van der Waals surface area contributed by atoms with Gasteiger partial charge >= 0.3 is 12.1 Å². The van der Waals surface area contributed by atoms with Gasteiger partial charge in [0, 0.05) is 47.8 Å². The molecule has 378 valence electrons. The van der Waals surface area contributed by atoms with E-state index in [1.54, 1.807) is 48.7 Å². The number of nitrogens with two attached hydrogens (primary N) is 1. The predicted molar refractivity (Wildman–Crippen MR) is 248 cm³/mol. The van der Waals surface area contributed by atoms with Crippen molar-refractivity contribution in [1.29, 1.82) is 0 Å². The molecule has 1 aliphatic carbocycles. The average molecular weight is 992 g/mol.